The zero-order chi connectivity index (χ0) is 31.6. The number of piperidine rings is 1. The van der Waals surface area contributed by atoms with Crippen LogP contribution in [0.1, 0.15) is 39.2 Å². The Morgan fingerprint density at radius 1 is 1.02 bits per heavy atom. The molecule has 2 fully saturated rings. The highest BCUT2D eigenvalue weighted by atomic mass is 19.1. The molecule has 0 N–H and O–H groups in total. The fourth-order valence-electron chi connectivity index (χ4n) is 5.71. The molecule has 0 bridgehead atoms. The molecule has 6 rings (SSSR count). The molecule has 2 aliphatic heterocycles. The Labute approximate surface area is 260 Å². The van der Waals surface area contributed by atoms with Gasteiger partial charge in [0.05, 0.1) is 42.3 Å². The standard InChI is InChI=1S/C33H38F2N6O4/c1-33(2,3)44-32(42)45-41-9-7-22(8-10-41)19-40-20-24(17-37-40)30-18-36-29-6-4-5-25(31(29)38-30)23-15-27(34)26(28(35)16-23)21-39-11-13-43-14-12-39/h4-6,15-18,20,22H,7-14,19,21H2,1-3H3. The smallest absolute Gasteiger partial charge is 0.427 e. The lowest BCUT2D eigenvalue weighted by atomic mass is 9.98. The summed E-state index contributed by atoms with van der Waals surface area (Å²) >= 11 is 0. The minimum atomic E-state index is -0.687. The molecule has 0 radical (unpaired) electrons. The highest BCUT2D eigenvalue weighted by Crippen LogP contribution is 2.31. The van der Waals surface area contributed by atoms with E-state index in [1.54, 1.807) is 44.3 Å². The van der Waals surface area contributed by atoms with E-state index in [1.165, 1.54) is 12.1 Å². The normalized spacial score (nSPS) is 17.1. The summed E-state index contributed by atoms with van der Waals surface area (Å²) in [6.45, 7) is 9.95. The van der Waals surface area contributed by atoms with Crippen molar-refractivity contribution in [3.8, 4) is 22.4 Å². The van der Waals surface area contributed by atoms with E-state index in [-0.39, 0.29) is 12.1 Å². The van der Waals surface area contributed by atoms with Gasteiger partial charge < -0.3 is 14.3 Å². The number of aromatic nitrogens is 4. The van der Waals surface area contributed by atoms with Crippen LogP contribution in [0.5, 0.6) is 0 Å². The van der Waals surface area contributed by atoms with Gasteiger partial charge in [0.25, 0.3) is 0 Å². The van der Waals surface area contributed by atoms with E-state index in [0.717, 1.165) is 18.4 Å². The average Bonchev–Trinajstić information content (AvgIpc) is 3.47. The molecule has 10 nitrogen and oxygen atoms in total. The van der Waals surface area contributed by atoms with Crippen LogP contribution in [0.2, 0.25) is 0 Å². The van der Waals surface area contributed by atoms with Crippen LogP contribution in [-0.2, 0) is 27.4 Å². The van der Waals surface area contributed by atoms with Crippen molar-refractivity contribution in [1.29, 1.82) is 0 Å². The Kier molecular flexibility index (Phi) is 9.06. The van der Waals surface area contributed by atoms with Crippen molar-refractivity contribution >= 4 is 17.2 Å². The van der Waals surface area contributed by atoms with Crippen LogP contribution in [0.3, 0.4) is 0 Å². The molecule has 0 amide bonds. The van der Waals surface area contributed by atoms with Crippen molar-refractivity contribution in [3.05, 3.63) is 66.1 Å². The molecule has 2 aromatic heterocycles. The second kappa shape index (κ2) is 13.2. The lowest BCUT2D eigenvalue weighted by Gasteiger charge is -2.30. The summed E-state index contributed by atoms with van der Waals surface area (Å²) in [5, 5.41) is 6.20. The number of morpholine rings is 1. The number of halogens is 2. The predicted octanol–water partition coefficient (Wildman–Crippen LogP) is 5.85. The highest BCUT2D eigenvalue weighted by Gasteiger charge is 2.26. The molecule has 12 heteroatoms. The molecule has 0 spiro atoms. The number of benzene rings is 2. The topological polar surface area (TPSA) is 94.8 Å². The summed E-state index contributed by atoms with van der Waals surface area (Å²) in [5.74, 6) is -0.802. The number of hydrogen-bond acceptors (Lipinski definition) is 9. The Bertz CT molecular complexity index is 1640. The first-order valence-corrected chi connectivity index (χ1v) is 15.3. The van der Waals surface area contributed by atoms with Gasteiger partial charge in [-0.25, -0.2) is 18.6 Å². The van der Waals surface area contributed by atoms with Gasteiger partial charge in [-0.05, 0) is 63.3 Å². The van der Waals surface area contributed by atoms with Gasteiger partial charge in [-0.2, -0.15) is 5.10 Å². The molecule has 238 valence electrons. The summed E-state index contributed by atoms with van der Waals surface area (Å²) in [6, 6.07) is 8.20. The van der Waals surface area contributed by atoms with Gasteiger partial charge in [0, 0.05) is 62.2 Å². The van der Waals surface area contributed by atoms with E-state index in [4.69, 9.17) is 19.3 Å². The second-order valence-corrected chi connectivity index (χ2v) is 12.6. The number of carbonyl (C=O) groups is 1. The van der Waals surface area contributed by atoms with Crippen molar-refractivity contribution in [2.24, 2.45) is 5.92 Å². The first kappa shape index (κ1) is 31.0. The summed E-state index contributed by atoms with van der Waals surface area (Å²) < 4.78 is 43.0. The number of ether oxygens (including phenoxy) is 2. The zero-order valence-electron chi connectivity index (χ0n) is 25.8. The largest absolute Gasteiger partial charge is 0.528 e. The molecule has 0 aliphatic carbocycles. The summed E-state index contributed by atoms with van der Waals surface area (Å²) in [4.78, 5) is 28.8. The van der Waals surface area contributed by atoms with E-state index in [2.05, 4.69) is 10.1 Å². The molecule has 0 saturated carbocycles. The molecular weight excluding hydrogens is 582 g/mol. The third-order valence-corrected chi connectivity index (χ3v) is 8.05. The summed E-state index contributed by atoms with van der Waals surface area (Å²) in [5.41, 5.74) is 3.06. The highest BCUT2D eigenvalue weighted by molar-refractivity contribution is 5.92. The van der Waals surface area contributed by atoms with Gasteiger partial charge in [0.1, 0.15) is 17.2 Å². The molecule has 2 aliphatic rings. The fraction of sp³-hybridized carbons (Fsp3) is 0.455. The van der Waals surface area contributed by atoms with E-state index >= 15 is 8.78 Å². The maximum atomic E-state index is 15.3. The third kappa shape index (κ3) is 7.63. The van der Waals surface area contributed by atoms with Gasteiger partial charge in [0.2, 0.25) is 0 Å². The number of carbonyl (C=O) groups excluding carboxylic acids is 1. The number of para-hydroxylation sites is 1. The van der Waals surface area contributed by atoms with Crippen molar-refractivity contribution < 1.29 is 27.9 Å². The fourth-order valence-corrected chi connectivity index (χ4v) is 5.71. The number of hydrogen-bond donors (Lipinski definition) is 0. The summed E-state index contributed by atoms with van der Waals surface area (Å²) in [6.07, 6.45) is 6.37. The van der Waals surface area contributed by atoms with Crippen LogP contribution in [0.4, 0.5) is 13.6 Å². The van der Waals surface area contributed by atoms with E-state index < -0.39 is 23.4 Å². The van der Waals surface area contributed by atoms with Crippen LogP contribution in [0, 0.1) is 17.6 Å². The lowest BCUT2D eigenvalue weighted by Crippen LogP contribution is -2.38. The Morgan fingerprint density at radius 3 is 2.47 bits per heavy atom. The van der Waals surface area contributed by atoms with Gasteiger partial charge >= 0.3 is 6.16 Å². The van der Waals surface area contributed by atoms with Crippen LogP contribution in [0.15, 0.2) is 48.9 Å². The number of nitrogens with zero attached hydrogens (tertiary/aromatic N) is 6. The monoisotopic (exact) mass is 620 g/mol. The molecule has 0 atom stereocenters. The van der Waals surface area contributed by atoms with Gasteiger partial charge in [-0.1, -0.05) is 12.1 Å². The third-order valence-electron chi connectivity index (χ3n) is 8.05. The minimum Gasteiger partial charge on any atom is -0.427 e. The molecule has 2 aromatic carbocycles. The minimum absolute atomic E-state index is 0.0568. The molecule has 45 heavy (non-hydrogen) atoms. The molecule has 4 heterocycles. The zero-order valence-corrected chi connectivity index (χ0v) is 25.8. The van der Waals surface area contributed by atoms with Crippen molar-refractivity contribution in [2.75, 3.05) is 39.4 Å². The first-order chi connectivity index (χ1) is 21.6. The van der Waals surface area contributed by atoms with Crippen LogP contribution in [-0.4, -0.2) is 80.9 Å². The van der Waals surface area contributed by atoms with Crippen LogP contribution >= 0.6 is 0 Å². The lowest BCUT2D eigenvalue weighted by molar-refractivity contribution is -0.155. The molecular formula is C33H38F2N6O4. The number of rotatable bonds is 7. The second-order valence-electron chi connectivity index (χ2n) is 12.6. The molecule has 4 aromatic rings. The SMILES string of the molecule is CC(C)(C)OC(=O)ON1CCC(Cn2cc(-c3cnc4cccc(-c5cc(F)c(CN6CCOCC6)c(F)c5)c4n3)cn2)CC1. The van der Waals surface area contributed by atoms with Gasteiger partial charge in [-0.15, -0.1) is 5.06 Å². The van der Waals surface area contributed by atoms with E-state index in [0.29, 0.717) is 79.7 Å². The van der Waals surface area contributed by atoms with Crippen molar-refractivity contribution in [3.63, 3.8) is 0 Å². The van der Waals surface area contributed by atoms with E-state index in [9.17, 15) is 4.79 Å². The van der Waals surface area contributed by atoms with Gasteiger partial charge in [0.15, 0.2) is 0 Å². The Balaban J connectivity index is 1.14. The van der Waals surface area contributed by atoms with Crippen LogP contribution < -0.4 is 0 Å². The molecule has 0 unspecified atom stereocenters. The van der Waals surface area contributed by atoms with Crippen LogP contribution in [0.25, 0.3) is 33.4 Å². The Hall–Kier alpha value is -4.00. The number of hydroxylamine groups is 2. The summed E-state index contributed by atoms with van der Waals surface area (Å²) in [7, 11) is 0. The average molecular weight is 621 g/mol. The quantitative estimate of drug-likeness (QED) is 0.236. The van der Waals surface area contributed by atoms with Crippen molar-refractivity contribution in [1.82, 2.24) is 29.7 Å². The maximum Gasteiger partial charge on any atom is 0.528 e. The molecule has 2 saturated heterocycles. The van der Waals surface area contributed by atoms with Crippen molar-refractivity contribution in [2.45, 2.75) is 52.3 Å². The van der Waals surface area contributed by atoms with Gasteiger partial charge in [-0.3, -0.25) is 14.6 Å². The number of fused-ring (bicyclic) bond motifs is 1. The maximum absolute atomic E-state index is 15.3. The Morgan fingerprint density at radius 2 is 1.76 bits per heavy atom. The predicted molar refractivity (Wildman–Crippen MR) is 164 cm³/mol. The van der Waals surface area contributed by atoms with E-state index in [1.807, 2.05) is 27.9 Å². The first-order valence-electron chi connectivity index (χ1n) is 15.3.